The van der Waals surface area contributed by atoms with Crippen LogP contribution in [-0.2, 0) is 0 Å². The van der Waals surface area contributed by atoms with E-state index in [9.17, 15) is 0 Å². The number of aryl methyl sites for hydroxylation is 1. The highest BCUT2D eigenvalue weighted by Gasteiger charge is 1.94. The van der Waals surface area contributed by atoms with Crippen molar-refractivity contribution in [3.8, 4) is 0 Å². The lowest BCUT2D eigenvalue weighted by Gasteiger charge is -1.93. The van der Waals surface area contributed by atoms with Crippen LogP contribution in [0.2, 0.25) is 0 Å². The predicted octanol–water partition coefficient (Wildman–Crippen LogP) is 2.84. The Kier molecular flexibility index (Phi) is 4.11. The van der Waals surface area contributed by atoms with E-state index in [0.717, 1.165) is 11.2 Å². The van der Waals surface area contributed by atoms with Crippen LogP contribution in [0.3, 0.4) is 0 Å². The summed E-state index contributed by atoms with van der Waals surface area (Å²) in [6, 6.07) is 3.95. The highest BCUT2D eigenvalue weighted by Crippen LogP contribution is 2.03. The van der Waals surface area contributed by atoms with Gasteiger partial charge in [-0.2, -0.15) is 5.10 Å². The Hall–Kier alpha value is -1.38. The van der Waals surface area contributed by atoms with Gasteiger partial charge in [0.05, 0.1) is 11.2 Å². The molecule has 3 heteroatoms. The van der Waals surface area contributed by atoms with Gasteiger partial charge < -0.3 is 0 Å². The Morgan fingerprint density at radius 2 is 2.00 bits per heavy atom. The number of unbranched alkanes of at least 4 members (excludes halogenated alkanes) is 1. The highest BCUT2D eigenvalue weighted by atomic mass is 15.2. The minimum absolute atomic E-state index is 1.01. The fraction of sp³-hybridized carbons (Fsp3) is 0.455. The van der Waals surface area contributed by atoms with Crippen LogP contribution < -0.4 is 0 Å². The Bertz CT molecular complexity index is 377. The van der Waals surface area contributed by atoms with E-state index in [2.05, 4.69) is 23.9 Å². The summed E-state index contributed by atoms with van der Waals surface area (Å²) in [4.78, 5) is 4.05. The Morgan fingerprint density at radius 3 is 2.57 bits per heavy atom. The van der Waals surface area contributed by atoms with E-state index in [1.165, 1.54) is 12.8 Å². The first kappa shape index (κ1) is 10.7. The highest BCUT2D eigenvalue weighted by molar-refractivity contribution is 5.49. The zero-order valence-corrected chi connectivity index (χ0v) is 9.07. The second kappa shape index (κ2) is 5.37. The van der Waals surface area contributed by atoms with Gasteiger partial charge in [-0.3, -0.25) is 0 Å². The molecule has 0 radical (unpaired) electrons. The maximum atomic E-state index is 4.05. The van der Waals surface area contributed by atoms with Gasteiger partial charge in [-0.05, 0) is 19.1 Å². The molecule has 0 saturated heterocycles. The Balaban J connectivity index is 0.000000213. The molecule has 2 rings (SSSR count). The van der Waals surface area contributed by atoms with Crippen molar-refractivity contribution in [1.82, 2.24) is 14.6 Å². The summed E-state index contributed by atoms with van der Waals surface area (Å²) in [7, 11) is 0. The van der Waals surface area contributed by atoms with Crippen molar-refractivity contribution in [3.05, 3.63) is 30.4 Å². The molecular formula is C11H17N3. The number of hydrogen-bond donors (Lipinski definition) is 0. The van der Waals surface area contributed by atoms with E-state index < -0.39 is 0 Å². The zero-order chi connectivity index (χ0) is 10.4. The summed E-state index contributed by atoms with van der Waals surface area (Å²) in [5.41, 5.74) is 2.09. The molecular weight excluding hydrogens is 174 g/mol. The normalized spacial score (nSPS) is 9.64. The third-order valence-electron chi connectivity index (χ3n) is 2.03. The van der Waals surface area contributed by atoms with E-state index in [-0.39, 0.29) is 0 Å². The molecule has 0 amide bonds. The lowest BCUT2D eigenvalue weighted by molar-refractivity contribution is 0.886. The maximum Gasteiger partial charge on any atom is 0.136 e. The van der Waals surface area contributed by atoms with Gasteiger partial charge in [-0.15, -0.1) is 0 Å². The van der Waals surface area contributed by atoms with Crippen LogP contribution in [0, 0.1) is 6.92 Å². The van der Waals surface area contributed by atoms with Crippen LogP contribution in [0.25, 0.3) is 5.52 Å². The van der Waals surface area contributed by atoms with Crippen molar-refractivity contribution in [1.29, 1.82) is 0 Å². The van der Waals surface area contributed by atoms with Gasteiger partial charge >= 0.3 is 0 Å². The Labute approximate surface area is 84.8 Å². The zero-order valence-electron chi connectivity index (χ0n) is 9.07. The van der Waals surface area contributed by atoms with E-state index in [1.807, 2.05) is 29.8 Å². The molecule has 2 aromatic heterocycles. The van der Waals surface area contributed by atoms with Crippen LogP contribution in [-0.4, -0.2) is 14.6 Å². The largest absolute Gasteiger partial charge is 0.238 e. The van der Waals surface area contributed by atoms with Crippen molar-refractivity contribution < 1.29 is 0 Å². The molecule has 0 N–H and O–H groups in total. The molecule has 0 bridgehead atoms. The second-order valence-corrected chi connectivity index (χ2v) is 3.18. The monoisotopic (exact) mass is 191 g/mol. The molecule has 2 aromatic rings. The van der Waals surface area contributed by atoms with E-state index in [1.54, 1.807) is 6.33 Å². The van der Waals surface area contributed by atoms with Gasteiger partial charge in [0, 0.05) is 6.20 Å². The first-order valence-corrected chi connectivity index (χ1v) is 5.04. The van der Waals surface area contributed by atoms with Crippen LogP contribution in [0.15, 0.2) is 24.7 Å². The van der Waals surface area contributed by atoms with E-state index in [4.69, 9.17) is 0 Å². The average Bonchev–Trinajstić information content (AvgIpc) is 2.68. The van der Waals surface area contributed by atoms with Crippen LogP contribution in [0.4, 0.5) is 0 Å². The molecule has 0 aliphatic rings. The minimum Gasteiger partial charge on any atom is -0.238 e. The van der Waals surface area contributed by atoms with Crippen molar-refractivity contribution in [3.63, 3.8) is 0 Å². The van der Waals surface area contributed by atoms with Gasteiger partial charge in [0.2, 0.25) is 0 Å². The summed E-state index contributed by atoms with van der Waals surface area (Å²) >= 11 is 0. The van der Waals surface area contributed by atoms with Crippen molar-refractivity contribution >= 4 is 5.52 Å². The summed E-state index contributed by atoms with van der Waals surface area (Å²) in [5, 5.41) is 4.01. The molecule has 3 nitrogen and oxygen atoms in total. The van der Waals surface area contributed by atoms with Crippen molar-refractivity contribution in [2.75, 3.05) is 0 Å². The maximum absolute atomic E-state index is 4.05. The molecule has 14 heavy (non-hydrogen) atoms. The van der Waals surface area contributed by atoms with Gasteiger partial charge in [-0.25, -0.2) is 9.50 Å². The standard InChI is InChI=1S/C7H7N3.C4H10/c1-6-7-3-2-4-10(7)9-5-8-6;1-3-4-2/h2-5H,1H3;3-4H2,1-2H3. The van der Waals surface area contributed by atoms with Gasteiger partial charge in [0.15, 0.2) is 0 Å². The molecule has 0 aliphatic carbocycles. The van der Waals surface area contributed by atoms with Gasteiger partial charge in [-0.1, -0.05) is 26.7 Å². The summed E-state index contributed by atoms with van der Waals surface area (Å²) in [6.07, 6.45) is 6.10. The van der Waals surface area contributed by atoms with E-state index >= 15 is 0 Å². The van der Waals surface area contributed by atoms with Crippen LogP contribution in [0.5, 0.6) is 0 Å². The third-order valence-corrected chi connectivity index (χ3v) is 2.03. The number of rotatable bonds is 1. The van der Waals surface area contributed by atoms with E-state index in [0.29, 0.717) is 0 Å². The molecule has 76 valence electrons. The van der Waals surface area contributed by atoms with Crippen molar-refractivity contribution in [2.45, 2.75) is 33.6 Å². The van der Waals surface area contributed by atoms with Gasteiger partial charge in [0.25, 0.3) is 0 Å². The molecule has 0 atom stereocenters. The number of fused-ring (bicyclic) bond motifs is 1. The van der Waals surface area contributed by atoms with Gasteiger partial charge in [0.1, 0.15) is 6.33 Å². The first-order valence-electron chi connectivity index (χ1n) is 5.04. The quantitative estimate of drug-likeness (QED) is 0.693. The molecule has 0 saturated carbocycles. The molecule has 0 aromatic carbocycles. The topological polar surface area (TPSA) is 30.2 Å². The lowest BCUT2D eigenvalue weighted by atomic mass is 10.4. The van der Waals surface area contributed by atoms with Crippen LogP contribution in [0.1, 0.15) is 32.4 Å². The van der Waals surface area contributed by atoms with Crippen molar-refractivity contribution in [2.24, 2.45) is 0 Å². The molecule has 0 spiro atoms. The molecule has 0 unspecified atom stereocenters. The summed E-state index contributed by atoms with van der Waals surface area (Å²) in [6.45, 7) is 6.33. The van der Waals surface area contributed by atoms with Crippen LogP contribution >= 0.6 is 0 Å². The fourth-order valence-corrected chi connectivity index (χ4v) is 0.994. The first-order chi connectivity index (χ1) is 6.79. The predicted molar refractivity (Wildman–Crippen MR) is 58.3 cm³/mol. The Morgan fingerprint density at radius 1 is 1.29 bits per heavy atom. The SMILES string of the molecule is CCCC.Cc1ncnn2cccc12. The second-order valence-electron chi connectivity index (χ2n) is 3.18. The number of nitrogens with zero attached hydrogens (tertiary/aromatic N) is 3. The molecule has 0 aliphatic heterocycles. The minimum atomic E-state index is 1.01. The number of aromatic nitrogens is 3. The summed E-state index contributed by atoms with van der Waals surface area (Å²) in [5.74, 6) is 0. The summed E-state index contributed by atoms with van der Waals surface area (Å²) < 4.78 is 1.81. The fourth-order valence-electron chi connectivity index (χ4n) is 0.994. The number of hydrogen-bond acceptors (Lipinski definition) is 2. The molecule has 0 fully saturated rings. The lowest BCUT2D eigenvalue weighted by Crippen LogP contribution is -1.92. The average molecular weight is 191 g/mol. The third kappa shape index (κ3) is 2.55. The smallest absolute Gasteiger partial charge is 0.136 e. The molecule has 2 heterocycles.